The predicted octanol–water partition coefficient (Wildman–Crippen LogP) is 1.65. The number of ether oxygens (including phenoxy) is 1. The van der Waals surface area contributed by atoms with Crippen LogP contribution in [-0.4, -0.2) is 29.9 Å². The van der Waals surface area contributed by atoms with Crippen LogP contribution in [0.5, 0.6) is 0 Å². The van der Waals surface area contributed by atoms with E-state index < -0.39 is 0 Å². The molecule has 1 aliphatic heterocycles. The normalized spacial score (nSPS) is 20.9. The van der Waals surface area contributed by atoms with Gasteiger partial charge in [0.1, 0.15) is 0 Å². The van der Waals surface area contributed by atoms with Crippen molar-refractivity contribution >= 4 is 11.6 Å². The lowest BCUT2D eigenvalue weighted by Crippen LogP contribution is -2.32. The highest BCUT2D eigenvalue weighted by molar-refractivity contribution is 6.29. The van der Waals surface area contributed by atoms with Gasteiger partial charge < -0.3 is 10.1 Å². The van der Waals surface area contributed by atoms with Crippen molar-refractivity contribution < 1.29 is 4.74 Å². The van der Waals surface area contributed by atoms with Gasteiger partial charge in [0.2, 0.25) is 0 Å². The molecule has 16 heavy (non-hydrogen) atoms. The molecule has 0 saturated carbocycles. The molecule has 2 rings (SSSR count). The standard InChI is InChI=1S/C11H16ClN3O/c12-11-4-3-10(14-15-11)8-16-7-9-2-1-5-13-6-9/h3-4,9,13H,1-2,5-8H2. The zero-order valence-corrected chi connectivity index (χ0v) is 9.91. The van der Waals surface area contributed by atoms with Gasteiger partial charge in [-0.2, -0.15) is 5.10 Å². The highest BCUT2D eigenvalue weighted by Crippen LogP contribution is 2.11. The monoisotopic (exact) mass is 241 g/mol. The quantitative estimate of drug-likeness (QED) is 0.871. The molecule has 1 unspecified atom stereocenters. The summed E-state index contributed by atoms with van der Waals surface area (Å²) in [6.45, 7) is 3.50. The summed E-state index contributed by atoms with van der Waals surface area (Å²) in [6.07, 6.45) is 2.49. The molecule has 1 atom stereocenters. The lowest BCUT2D eigenvalue weighted by atomic mass is 10.0. The van der Waals surface area contributed by atoms with Gasteiger partial charge in [-0.25, -0.2) is 0 Å². The Hall–Kier alpha value is -0.710. The van der Waals surface area contributed by atoms with Crippen molar-refractivity contribution in [2.75, 3.05) is 19.7 Å². The van der Waals surface area contributed by atoms with Crippen LogP contribution < -0.4 is 5.32 Å². The molecule has 0 bridgehead atoms. The van der Waals surface area contributed by atoms with Gasteiger partial charge in [0, 0.05) is 6.54 Å². The minimum Gasteiger partial charge on any atom is -0.375 e. The highest BCUT2D eigenvalue weighted by atomic mass is 35.5. The predicted molar refractivity (Wildman–Crippen MR) is 62.3 cm³/mol. The maximum absolute atomic E-state index is 5.64. The van der Waals surface area contributed by atoms with E-state index in [-0.39, 0.29) is 0 Å². The molecule has 1 aliphatic rings. The molecule has 1 aromatic heterocycles. The molecule has 0 aromatic carbocycles. The summed E-state index contributed by atoms with van der Waals surface area (Å²) < 4.78 is 5.61. The Balaban J connectivity index is 1.69. The largest absolute Gasteiger partial charge is 0.375 e. The first-order chi connectivity index (χ1) is 7.84. The van der Waals surface area contributed by atoms with Crippen LogP contribution >= 0.6 is 11.6 Å². The van der Waals surface area contributed by atoms with E-state index in [1.807, 2.05) is 6.07 Å². The van der Waals surface area contributed by atoms with Crippen LogP contribution in [-0.2, 0) is 11.3 Å². The van der Waals surface area contributed by atoms with Crippen LogP contribution in [0, 0.1) is 5.92 Å². The second-order valence-electron chi connectivity index (χ2n) is 4.07. The molecule has 1 aromatic rings. The van der Waals surface area contributed by atoms with Gasteiger partial charge in [-0.1, -0.05) is 11.6 Å². The average molecular weight is 242 g/mol. The van der Waals surface area contributed by atoms with E-state index in [2.05, 4.69) is 15.5 Å². The van der Waals surface area contributed by atoms with Crippen LogP contribution in [0.25, 0.3) is 0 Å². The van der Waals surface area contributed by atoms with E-state index >= 15 is 0 Å². The summed E-state index contributed by atoms with van der Waals surface area (Å²) in [5.41, 5.74) is 0.827. The van der Waals surface area contributed by atoms with Gasteiger partial charge in [0.15, 0.2) is 5.15 Å². The fourth-order valence-corrected chi connectivity index (χ4v) is 1.92. The number of halogens is 1. The molecular formula is C11H16ClN3O. The first-order valence-corrected chi connectivity index (χ1v) is 5.99. The van der Waals surface area contributed by atoms with Gasteiger partial charge in [0.05, 0.1) is 18.9 Å². The Morgan fingerprint density at radius 2 is 2.38 bits per heavy atom. The zero-order chi connectivity index (χ0) is 11.2. The average Bonchev–Trinajstić information content (AvgIpc) is 2.33. The number of nitrogens with one attached hydrogen (secondary N) is 1. The maximum Gasteiger partial charge on any atom is 0.151 e. The third kappa shape index (κ3) is 3.70. The Bertz CT molecular complexity index is 312. The lowest BCUT2D eigenvalue weighted by molar-refractivity contribution is 0.0759. The summed E-state index contributed by atoms with van der Waals surface area (Å²) in [5, 5.41) is 11.5. The number of piperidine rings is 1. The summed E-state index contributed by atoms with van der Waals surface area (Å²) in [7, 11) is 0. The summed E-state index contributed by atoms with van der Waals surface area (Å²) in [4.78, 5) is 0. The van der Waals surface area contributed by atoms with E-state index in [1.54, 1.807) is 6.07 Å². The fourth-order valence-electron chi connectivity index (χ4n) is 1.82. The first kappa shape index (κ1) is 11.8. The van der Waals surface area contributed by atoms with Crippen LogP contribution in [0.1, 0.15) is 18.5 Å². The molecule has 88 valence electrons. The summed E-state index contributed by atoms with van der Waals surface area (Å²) in [5.74, 6) is 0.633. The molecule has 2 heterocycles. The van der Waals surface area contributed by atoms with Crippen LogP contribution in [0.2, 0.25) is 5.15 Å². The minimum atomic E-state index is 0.417. The van der Waals surface area contributed by atoms with E-state index in [4.69, 9.17) is 16.3 Å². The van der Waals surface area contributed by atoms with Crippen molar-refractivity contribution in [1.29, 1.82) is 0 Å². The van der Waals surface area contributed by atoms with E-state index in [1.165, 1.54) is 12.8 Å². The Labute approximate surface area is 100 Å². The molecule has 0 aliphatic carbocycles. The maximum atomic E-state index is 5.64. The molecule has 0 spiro atoms. The number of hydrogen-bond acceptors (Lipinski definition) is 4. The Morgan fingerprint density at radius 3 is 3.06 bits per heavy atom. The molecule has 0 radical (unpaired) electrons. The second kappa shape index (κ2) is 6.13. The third-order valence-electron chi connectivity index (χ3n) is 2.69. The van der Waals surface area contributed by atoms with Gasteiger partial charge in [-0.15, -0.1) is 5.10 Å². The van der Waals surface area contributed by atoms with Gasteiger partial charge in [-0.05, 0) is 37.4 Å². The Kier molecular flexibility index (Phi) is 4.51. The number of hydrogen-bond donors (Lipinski definition) is 1. The zero-order valence-electron chi connectivity index (χ0n) is 9.16. The van der Waals surface area contributed by atoms with Crippen molar-refractivity contribution in [2.45, 2.75) is 19.4 Å². The molecule has 1 fully saturated rings. The number of aromatic nitrogens is 2. The van der Waals surface area contributed by atoms with Gasteiger partial charge in [-0.3, -0.25) is 0 Å². The van der Waals surface area contributed by atoms with E-state index in [9.17, 15) is 0 Å². The van der Waals surface area contributed by atoms with Crippen LogP contribution in [0.3, 0.4) is 0 Å². The van der Waals surface area contributed by atoms with Crippen molar-refractivity contribution in [3.8, 4) is 0 Å². The fraction of sp³-hybridized carbons (Fsp3) is 0.636. The number of rotatable bonds is 4. The second-order valence-corrected chi connectivity index (χ2v) is 4.46. The van der Waals surface area contributed by atoms with Gasteiger partial charge >= 0.3 is 0 Å². The SMILES string of the molecule is Clc1ccc(COCC2CCCNC2)nn1. The minimum absolute atomic E-state index is 0.417. The molecular weight excluding hydrogens is 226 g/mol. The van der Waals surface area contributed by atoms with Gasteiger partial charge in [0.25, 0.3) is 0 Å². The van der Waals surface area contributed by atoms with Crippen molar-refractivity contribution in [3.05, 3.63) is 23.0 Å². The third-order valence-corrected chi connectivity index (χ3v) is 2.89. The topological polar surface area (TPSA) is 47.0 Å². The molecule has 0 amide bonds. The van der Waals surface area contributed by atoms with E-state index in [0.29, 0.717) is 17.7 Å². The first-order valence-electron chi connectivity index (χ1n) is 5.61. The van der Waals surface area contributed by atoms with Crippen LogP contribution in [0.15, 0.2) is 12.1 Å². The molecule has 4 nitrogen and oxygen atoms in total. The summed E-state index contributed by atoms with van der Waals surface area (Å²) in [6, 6.07) is 3.57. The highest BCUT2D eigenvalue weighted by Gasteiger charge is 2.12. The Morgan fingerprint density at radius 1 is 1.44 bits per heavy atom. The number of nitrogens with zero attached hydrogens (tertiary/aromatic N) is 2. The van der Waals surface area contributed by atoms with Crippen molar-refractivity contribution in [2.24, 2.45) is 5.92 Å². The van der Waals surface area contributed by atoms with Crippen LogP contribution in [0.4, 0.5) is 0 Å². The molecule has 1 saturated heterocycles. The molecule has 1 N–H and O–H groups in total. The van der Waals surface area contributed by atoms with Crippen molar-refractivity contribution in [1.82, 2.24) is 15.5 Å². The lowest BCUT2D eigenvalue weighted by Gasteiger charge is -2.22. The van der Waals surface area contributed by atoms with E-state index in [0.717, 1.165) is 25.4 Å². The molecule has 5 heteroatoms. The smallest absolute Gasteiger partial charge is 0.151 e. The van der Waals surface area contributed by atoms with Crippen molar-refractivity contribution in [3.63, 3.8) is 0 Å². The summed E-state index contributed by atoms with van der Waals surface area (Å²) >= 11 is 5.64.